The third kappa shape index (κ3) is 3.11. The van der Waals surface area contributed by atoms with Crippen molar-refractivity contribution in [3.8, 4) is 17.1 Å². The molecule has 0 spiro atoms. The molecular weight excluding hydrogens is 340 g/mol. The summed E-state index contributed by atoms with van der Waals surface area (Å²) in [5, 5.41) is 11.5. The molecule has 4 heteroatoms. The van der Waals surface area contributed by atoms with Gasteiger partial charge in [0.25, 0.3) is 0 Å². The summed E-state index contributed by atoms with van der Waals surface area (Å²) in [7, 11) is 1.58. The molecule has 0 saturated carbocycles. The number of rotatable bonds is 4. The lowest BCUT2D eigenvalue weighted by atomic mass is 9.96. The minimum atomic E-state index is -1.12. The highest BCUT2D eigenvalue weighted by Gasteiger charge is 2.23. The van der Waals surface area contributed by atoms with Gasteiger partial charge in [-0.15, -0.1) is 0 Å². The maximum Gasteiger partial charge on any atom is 0.199 e. The average Bonchev–Trinajstić information content (AvgIpc) is 2.74. The molecule has 0 saturated heterocycles. The lowest BCUT2D eigenvalue weighted by Gasteiger charge is -2.16. The van der Waals surface area contributed by atoms with Crippen LogP contribution in [0.4, 0.5) is 0 Å². The molecular formula is C23H18O4. The molecule has 1 atom stereocenters. The Morgan fingerprint density at radius 3 is 2.26 bits per heavy atom. The quantitative estimate of drug-likeness (QED) is 0.581. The van der Waals surface area contributed by atoms with Crippen LogP contribution in [0.25, 0.3) is 22.3 Å². The van der Waals surface area contributed by atoms with E-state index < -0.39 is 6.10 Å². The Morgan fingerprint density at radius 2 is 1.56 bits per heavy atom. The molecule has 1 unspecified atom stereocenters. The largest absolute Gasteiger partial charge is 0.497 e. The molecule has 1 heterocycles. The van der Waals surface area contributed by atoms with E-state index >= 15 is 0 Å². The second-order valence-corrected chi connectivity index (χ2v) is 6.21. The first kappa shape index (κ1) is 17.1. The van der Waals surface area contributed by atoms with Crippen LogP contribution >= 0.6 is 0 Å². The zero-order chi connectivity index (χ0) is 18.8. The molecule has 134 valence electrons. The molecule has 0 amide bonds. The molecule has 0 aliphatic rings. The minimum Gasteiger partial charge on any atom is -0.497 e. The smallest absolute Gasteiger partial charge is 0.199 e. The second kappa shape index (κ2) is 7.09. The number of hydrogen-bond acceptors (Lipinski definition) is 4. The Morgan fingerprint density at radius 1 is 0.889 bits per heavy atom. The molecule has 0 bridgehead atoms. The summed E-state index contributed by atoms with van der Waals surface area (Å²) >= 11 is 0. The molecule has 0 radical (unpaired) electrons. The summed E-state index contributed by atoms with van der Waals surface area (Å²) in [6, 6.07) is 23.4. The van der Waals surface area contributed by atoms with Crippen molar-refractivity contribution >= 4 is 11.0 Å². The summed E-state index contributed by atoms with van der Waals surface area (Å²) in [6.45, 7) is 0. The SMILES string of the molecule is COc1ccc(C(O)c2c(-c3ccccc3)oc3ccccc3c2=O)cc1. The van der Waals surface area contributed by atoms with Crippen molar-refractivity contribution in [2.45, 2.75) is 6.10 Å². The Balaban J connectivity index is 1.96. The fourth-order valence-corrected chi connectivity index (χ4v) is 3.16. The van der Waals surface area contributed by atoms with Gasteiger partial charge in [0, 0.05) is 5.56 Å². The van der Waals surface area contributed by atoms with E-state index in [1.165, 1.54) is 0 Å². The van der Waals surface area contributed by atoms with Crippen molar-refractivity contribution < 1.29 is 14.3 Å². The summed E-state index contributed by atoms with van der Waals surface area (Å²) in [5.41, 5.74) is 1.81. The van der Waals surface area contributed by atoms with Crippen molar-refractivity contribution in [3.63, 3.8) is 0 Å². The van der Waals surface area contributed by atoms with E-state index in [0.29, 0.717) is 28.0 Å². The van der Waals surface area contributed by atoms with Gasteiger partial charge in [0.2, 0.25) is 0 Å². The van der Waals surface area contributed by atoms with Crippen molar-refractivity contribution in [2.75, 3.05) is 7.11 Å². The van der Waals surface area contributed by atoms with Crippen molar-refractivity contribution in [2.24, 2.45) is 0 Å². The molecule has 0 aliphatic carbocycles. The average molecular weight is 358 g/mol. The van der Waals surface area contributed by atoms with Gasteiger partial charge < -0.3 is 14.3 Å². The van der Waals surface area contributed by atoms with Gasteiger partial charge in [-0.1, -0.05) is 54.6 Å². The van der Waals surface area contributed by atoms with Crippen molar-refractivity contribution in [1.82, 2.24) is 0 Å². The molecule has 4 rings (SSSR count). The van der Waals surface area contributed by atoms with Crippen molar-refractivity contribution in [1.29, 1.82) is 0 Å². The van der Waals surface area contributed by atoms with E-state index in [1.54, 1.807) is 49.6 Å². The van der Waals surface area contributed by atoms with Gasteiger partial charge >= 0.3 is 0 Å². The maximum absolute atomic E-state index is 13.2. The van der Waals surface area contributed by atoms with E-state index in [4.69, 9.17) is 9.15 Å². The summed E-state index contributed by atoms with van der Waals surface area (Å²) < 4.78 is 11.2. The van der Waals surface area contributed by atoms with Crippen LogP contribution in [0.3, 0.4) is 0 Å². The van der Waals surface area contributed by atoms with Crippen LogP contribution in [0.15, 0.2) is 88.1 Å². The number of aliphatic hydroxyl groups is 1. The van der Waals surface area contributed by atoms with E-state index in [9.17, 15) is 9.90 Å². The molecule has 1 aromatic heterocycles. The van der Waals surface area contributed by atoms with Crippen molar-refractivity contribution in [3.05, 3.63) is 100 Å². The zero-order valence-corrected chi connectivity index (χ0v) is 14.8. The standard InChI is InChI=1S/C23H18O4/c1-26-17-13-11-15(12-14-17)21(24)20-22(25)18-9-5-6-10-19(18)27-23(20)16-7-3-2-4-8-16/h2-14,21,24H,1H3. The third-order valence-electron chi connectivity index (χ3n) is 4.57. The highest BCUT2D eigenvalue weighted by molar-refractivity contribution is 5.80. The van der Waals surface area contributed by atoms with Crippen LogP contribution in [-0.2, 0) is 0 Å². The normalized spacial score (nSPS) is 12.1. The Labute approximate surface area is 156 Å². The number of fused-ring (bicyclic) bond motifs is 1. The lowest BCUT2D eigenvalue weighted by Crippen LogP contribution is -2.16. The molecule has 4 nitrogen and oxygen atoms in total. The first-order valence-corrected chi connectivity index (χ1v) is 8.62. The van der Waals surface area contributed by atoms with Gasteiger partial charge in [0.05, 0.1) is 18.1 Å². The molecule has 0 fully saturated rings. The van der Waals surface area contributed by atoms with Gasteiger partial charge in [-0.05, 0) is 29.8 Å². The van der Waals surface area contributed by atoms with Gasteiger partial charge in [-0.2, -0.15) is 0 Å². The Hall–Kier alpha value is -3.37. The second-order valence-electron chi connectivity index (χ2n) is 6.21. The van der Waals surface area contributed by atoms with Crippen LogP contribution in [0.1, 0.15) is 17.2 Å². The summed E-state index contributed by atoms with van der Waals surface area (Å²) in [6.07, 6.45) is -1.12. The number of para-hydroxylation sites is 1. The lowest BCUT2D eigenvalue weighted by molar-refractivity contribution is 0.217. The minimum absolute atomic E-state index is 0.227. The third-order valence-corrected chi connectivity index (χ3v) is 4.57. The number of ether oxygens (including phenoxy) is 1. The predicted molar refractivity (Wildman–Crippen MR) is 105 cm³/mol. The first-order valence-electron chi connectivity index (χ1n) is 8.62. The van der Waals surface area contributed by atoms with Gasteiger partial charge in [-0.3, -0.25) is 4.79 Å². The van der Waals surface area contributed by atoms with Crippen LogP contribution in [-0.4, -0.2) is 12.2 Å². The van der Waals surface area contributed by atoms with E-state index in [2.05, 4.69) is 0 Å². The molecule has 0 aliphatic heterocycles. The van der Waals surface area contributed by atoms with E-state index in [0.717, 1.165) is 5.56 Å². The van der Waals surface area contributed by atoms with Crippen LogP contribution < -0.4 is 10.2 Å². The molecule has 4 aromatic rings. The first-order chi connectivity index (χ1) is 13.2. The monoisotopic (exact) mass is 358 g/mol. The fraction of sp³-hybridized carbons (Fsp3) is 0.0870. The molecule has 3 aromatic carbocycles. The zero-order valence-electron chi connectivity index (χ0n) is 14.8. The molecule has 27 heavy (non-hydrogen) atoms. The Bertz CT molecular complexity index is 1130. The van der Waals surface area contributed by atoms with Gasteiger partial charge in [-0.25, -0.2) is 0 Å². The van der Waals surface area contributed by atoms with Crippen LogP contribution in [0.2, 0.25) is 0 Å². The fourth-order valence-electron chi connectivity index (χ4n) is 3.16. The topological polar surface area (TPSA) is 59.7 Å². The highest BCUT2D eigenvalue weighted by atomic mass is 16.5. The predicted octanol–water partition coefficient (Wildman–Crippen LogP) is 4.55. The highest BCUT2D eigenvalue weighted by Crippen LogP contribution is 2.32. The number of methoxy groups -OCH3 is 1. The van der Waals surface area contributed by atoms with Crippen LogP contribution in [0.5, 0.6) is 5.75 Å². The van der Waals surface area contributed by atoms with Crippen LogP contribution in [0, 0.1) is 0 Å². The number of aliphatic hydroxyl groups excluding tert-OH is 1. The van der Waals surface area contributed by atoms with Gasteiger partial charge in [0.1, 0.15) is 23.2 Å². The van der Waals surface area contributed by atoms with E-state index in [-0.39, 0.29) is 11.0 Å². The summed E-state index contributed by atoms with van der Waals surface area (Å²) in [5.74, 6) is 1.06. The van der Waals surface area contributed by atoms with E-state index in [1.807, 2.05) is 36.4 Å². The van der Waals surface area contributed by atoms with Gasteiger partial charge in [0.15, 0.2) is 5.43 Å². The number of benzene rings is 3. The number of hydrogen-bond donors (Lipinski definition) is 1. The maximum atomic E-state index is 13.2. The Kier molecular flexibility index (Phi) is 4.48. The molecule has 1 N–H and O–H groups in total. The summed E-state index contributed by atoms with van der Waals surface area (Å²) in [4.78, 5) is 13.2.